The van der Waals surface area contributed by atoms with Crippen molar-refractivity contribution in [2.45, 2.75) is 75.4 Å². The molecule has 0 radical (unpaired) electrons. The first kappa shape index (κ1) is 37.5. The van der Waals surface area contributed by atoms with Gasteiger partial charge in [0, 0.05) is 25.9 Å². The average molecular weight is 620 g/mol. The molecule has 4 atom stereocenters. The molecule has 8 N–H and O–H groups in total. The first-order valence-corrected chi connectivity index (χ1v) is 18.3. The fourth-order valence-corrected chi connectivity index (χ4v) is 10.4. The van der Waals surface area contributed by atoms with Crippen molar-refractivity contribution in [3.63, 3.8) is 0 Å². The zero-order valence-electron chi connectivity index (χ0n) is 21.8. The van der Waals surface area contributed by atoms with Crippen LogP contribution in [0.3, 0.4) is 0 Å². The van der Waals surface area contributed by atoms with Crippen molar-refractivity contribution in [1.29, 1.82) is 0 Å². The maximum absolute atomic E-state index is 12.9. The van der Waals surface area contributed by atoms with Crippen molar-refractivity contribution in [1.82, 2.24) is 9.80 Å². The van der Waals surface area contributed by atoms with Gasteiger partial charge in [-0.25, -0.2) is 4.31 Å². The van der Waals surface area contributed by atoms with Crippen molar-refractivity contribution in [3.8, 4) is 0 Å². The van der Waals surface area contributed by atoms with Crippen LogP contribution < -0.4 is 0 Å². The molecular weight excluding hydrogens is 576 g/mol. The van der Waals surface area contributed by atoms with E-state index in [0.717, 1.165) is 25.7 Å². The number of nitrogens with zero attached hydrogens (tertiary/aromatic N) is 2. The van der Waals surface area contributed by atoms with E-state index in [-0.39, 0.29) is 13.1 Å². The third-order valence-corrected chi connectivity index (χ3v) is 15.4. The number of hydrogen-bond acceptors (Lipinski definition) is 9. The van der Waals surface area contributed by atoms with Crippen molar-refractivity contribution in [2.24, 2.45) is 0 Å². The van der Waals surface area contributed by atoms with Gasteiger partial charge in [-0.05, 0) is 40.0 Å². The molecule has 0 heterocycles. The van der Waals surface area contributed by atoms with Gasteiger partial charge in [0.1, 0.15) is 0 Å². The molecule has 15 nitrogen and oxygen atoms in total. The van der Waals surface area contributed by atoms with Gasteiger partial charge in [-0.2, -0.15) is 0 Å². The molecule has 2 unspecified atom stereocenters. The molecule has 37 heavy (non-hydrogen) atoms. The van der Waals surface area contributed by atoms with Crippen molar-refractivity contribution < 1.29 is 62.1 Å². The van der Waals surface area contributed by atoms with Gasteiger partial charge in [0.05, 0.1) is 0 Å². The Kier molecular flexibility index (Phi) is 15.1. The molecule has 0 saturated heterocycles. The van der Waals surface area contributed by atoms with Gasteiger partial charge in [0.15, 0.2) is 0 Å². The average Bonchev–Trinajstić information content (AvgIpc) is 2.73. The highest BCUT2D eigenvalue weighted by molar-refractivity contribution is 7.80. The van der Waals surface area contributed by atoms with Gasteiger partial charge in [-0.15, -0.1) is 0 Å². The van der Waals surface area contributed by atoms with E-state index < -0.39 is 53.4 Å². The van der Waals surface area contributed by atoms with Crippen LogP contribution in [0.4, 0.5) is 0 Å². The van der Waals surface area contributed by atoms with Gasteiger partial charge < -0.3 is 49.4 Å². The fourth-order valence-electron chi connectivity index (χ4n) is 3.35. The Balaban J connectivity index is 6.01. The summed E-state index contributed by atoms with van der Waals surface area (Å²) in [7, 11) is -21.4. The molecule has 19 heteroatoms. The van der Waals surface area contributed by atoms with Crippen LogP contribution >= 0.6 is 30.4 Å². The van der Waals surface area contributed by atoms with E-state index in [0.29, 0.717) is 25.9 Å². The number of unbranched alkanes of at least 4 members (excludes halogenated alkanes) is 4. The second kappa shape index (κ2) is 14.9. The van der Waals surface area contributed by atoms with E-state index in [1.165, 1.54) is 23.9 Å². The Morgan fingerprint density at radius 3 is 1.14 bits per heavy atom. The molecule has 0 aromatic heterocycles. The summed E-state index contributed by atoms with van der Waals surface area (Å²) in [4.78, 5) is 62.4. The molecule has 0 rings (SSSR count). The van der Waals surface area contributed by atoms with E-state index in [2.05, 4.69) is 4.31 Å². The van der Waals surface area contributed by atoms with Gasteiger partial charge in [-0.1, -0.05) is 39.5 Å². The van der Waals surface area contributed by atoms with E-state index in [1.807, 2.05) is 13.8 Å². The fraction of sp³-hybridized carbons (Fsp3) is 1.00. The number of rotatable bonds is 20. The minimum atomic E-state index is -6.24. The molecule has 0 bridgehead atoms. The lowest BCUT2D eigenvalue weighted by atomic mass is 10.2. The second-order valence-corrected chi connectivity index (χ2v) is 17.9. The molecular formula is C18H44N2O13P4. The Morgan fingerprint density at radius 2 is 0.892 bits per heavy atom. The van der Waals surface area contributed by atoms with E-state index in [9.17, 15) is 57.8 Å². The normalized spacial score (nSPS) is 19.8. The monoisotopic (exact) mass is 620 g/mol. The quantitative estimate of drug-likeness (QED) is 0.0717. The molecule has 0 aliphatic carbocycles. The van der Waals surface area contributed by atoms with Gasteiger partial charge in [0.25, 0.3) is 10.2 Å². The van der Waals surface area contributed by atoms with Crippen LogP contribution in [0.2, 0.25) is 0 Å². The van der Waals surface area contributed by atoms with E-state index in [4.69, 9.17) is 0 Å². The summed E-state index contributed by atoms with van der Waals surface area (Å²) >= 11 is 0. The third kappa shape index (κ3) is 10.4. The SMILES string of the molecule is CCCCCN(C)CC[C@](O)(P(=O)(O)O)P(=O)(O)OP(=O)(O)[C@](O)(CCN(C)CCCCC)P(=O)(O)O. The predicted molar refractivity (Wildman–Crippen MR) is 138 cm³/mol. The number of aliphatic hydroxyl groups is 2. The Bertz CT molecular complexity index is 827. The predicted octanol–water partition coefficient (Wildman–Crippen LogP) is 2.05. The Hall–Kier alpha value is 0.480. The van der Waals surface area contributed by atoms with Crippen molar-refractivity contribution in [3.05, 3.63) is 0 Å². The van der Waals surface area contributed by atoms with Crippen molar-refractivity contribution >= 4 is 30.4 Å². The molecule has 0 spiro atoms. The molecule has 224 valence electrons. The van der Waals surface area contributed by atoms with Gasteiger partial charge in [-0.3, -0.25) is 18.3 Å². The second-order valence-electron chi connectivity index (χ2n) is 9.28. The Labute approximate surface area is 218 Å². The van der Waals surface area contributed by atoms with Crippen LogP contribution in [-0.4, -0.2) is 99.8 Å². The summed E-state index contributed by atoms with van der Waals surface area (Å²) in [6, 6.07) is 0. The molecule has 0 fully saturated rings. The van der Waals surface area contributed by atoms with Crippen molar-refractivity contribution in [2.75, 3.05) is 40.3 Å². The molecule has 0 aliphatic rings. The highest BCUT2D eigenvalue weighted by atomic mass is 31.3. The lowest BCUT2D eigenvalue weighted by Gasteiger charge is -2.37. The topological polar surface area (TPSA) is 246 Å². The van der Waals surface area contributed by atoms with Crippen LogP contribution in [0.15, 0.2) is 0 Å². The lowest BCUT2D eigenvalue weighted by molar-refractivity contribution is 0.0962. The lowest BCUT2D eigenvalue weighted by Crippen LogP contribution is -2.37. The van der Waals surface area contributed by atoms with E-state index in [1.54, 1.807) is 0 Å². The van der Waals surface area contributed by atoms with E-state index >= 15 is 0 Å². The maximum Gasteiger partial charge on any atom is 0.379 e. The molecule has 0 saturated carbocycles. The van der Waals surface area contributed by atoms with Gasteiger partial charge in [0.2, 0.25) is 0 Å². The first-order valence-electron chi connectivity index (χ1n) is 11.9. The summed E-state index contributed by atoms with van der Waals surface area (Å²) < 4.78 is 54.1. The minimum Gasteiger partial charge on any atom is -0.367 e. The summed E-state index contributed by atoms with van der Waals surface area (Å²) in [5, 5.41) is 13.4. The van der Waals surface area contributed by atoms with Crippen LogP contribution in [0.25, 0.3) is 0 Å². The summed E-state index contributed by atoms with van der Waals surface area (Å²) in [6.45, 7) is 4.01. The zero-order chi connectivity index (χ0) is 29.3. The number of hydrogen-bond donors (Lipinski definition) is 8. The summed E-state index contributed by atoms with van der Waals surface area (Å²) in [5.41, 5.74) is 0. The maximum atomic E-state index is 12.9. The van der Waals surface area contributed by atoms with Crippen LogP contribution in [0, 0.1) is 0 Å². The van der Waals surface area contributed by atoms with Gasteiger partial charge >= 0.3 is 30.4 Å². The summed E-state index contributed by atoms with van der Waals surface area (Å²) in [5.74, 6) is 0. The third-order valence-electron chi connectivity index (χ3n) is 6.00. The summed E-state index contributed by atoms with van der Waals surface area (Å²) in [6.07, 6.45) is 2.59. The minimum absolute atomic E-state index is 0.347. The van der Waals surface area contributed by atoms with Crippen LogP contribution in [0.5, 0.6) is 0 Å². The molecule has 0 amide bonds. The highest BCUT2D eigenvalue weighted by Crippen LogP contribution is 2.81. The van der Waals surface area contributed by atoms with Crippen LogP contribution in [-0.2, 0) is 22.6 Å². The molecule has 0 aromatic rings. The molecule has 0 aliphatic heterocycles. The standard InChI is InChI=1S/C18H44N2O13P4/c1-5-7-9-13-19(3)15-11-17(21,34(23,24)25)36(29,30)33-37(31,32)18(22,35(26,27)28)12-16-20(4)14-10-8-6-2/h21-22H,5-16H2,1-4H3,(H,29,30)(H,31,32)(H2,23,24,25)(H2,26,27,28)/t17-,18-/m0/s1. The molecule has 0 aromatic carbocycles. The Morgan fingerprint density at radius 1 is 0.595 bits per heavy atom. The zero-order valence-corrected chi connectivity index (χ0v) is 25.4. The first-order chi connectivity index (χ1) is 16.6. The highest BCUT2D eigenvalue weighted by Gasteiger charge is 2.68. The van der Waals surface area contributed by atoms with Crippen LogP contribution in [0.1, 0.15) is 65.2 Å². The smallest absolute Gasteiger partial charge is 0.367 e. The largest absolute Gasteiger partial charge is 0.379 e.